The van der Waals surface area contributed by atoms with Crippen LogP contribution in [0.15, 0.2) is 47.6 Å². The summed E-state index contributed by atoms with van der Waals surface area (Å²) < 4.78 is 10.4. The Morgan fingerprint density at radius 3 is 2.18 bits per heavy atom. The Bertz CT molecular complexity index is 659. The van der Waals surface area contributed by atoms with Crippen molar-refractivity contribution in [2.24, 2.45) is 5.10 Å². The van der Waals surface area contributed by atoms with Gasteiger partial charge >= 0.3 is 5.97 Å². The Hall–Kier alpha value is -3.02. The second-order valence-corrected chi connectivity index (χ2v) is 4.40. The summed E-state index contributed by atoms with van der Waals surface area (Å²) in [7, 11) is 3.16. The average molecular weight is 300 g/mol. The van der Waals surface area contributed by atoms with Gasteiger partial charge in [-0.1, -0.05) is 0 Å². The molecule has 0 fully saturated rings. The van der Waals surface area contributed by atoms with Crippen molar-refractivity contribution in [1.82, 2.24) is 0 Å². The third-order valence-corrected chi connectivity index (χ3v) is 2.91. The van der Waals surface area contributed by atoms with Gasteiger partial charge in [0.15, 0.2) is 0 Å². The normalized spacial score (nSPS) is 10.5. The molecular weight excluding hydrogens is 284 g/mol. The van der Waals surface area contributed by atoms with Crippen molar-refractivity contribution < 1.29 is 19.4 Å². The molecule has 0 aliphatic heterocycles. The van der Waals surface area contributed by atoms with Crippen LogP contribution in [0.2, 0.25) is 0 Å². The van der Waals surface area contributed by atoms with Gasteiger partial charge in [0, 0.05) is 11.6 Å². The first-order chi connectivity index (χ1) is 10.6. The first-order valence-corrected chi connectivity index (χ1v) is 6.48. The topological polar surface area (TPSA) is 80.2 Å². The number of carboxylic acids is 1. The van der Waals surface area contributed by atoms with Gasteiger partial charge in [0.25, 0.3) is 0 Å². The zero-order valence-corrected chi connectivity index (χ0v) is 12.2. The van der Waals surface area contributed by atoms with E-state index >= 15 is 0 Å². The van der Waals surface area contributed by atoms with E-state index in [9.17, 15) is 4.79 Å². The molecule has 0 aliphatic rings. The molecule has 0 amide bonds. The van der Waals surface area contributed by atoms with Crippen LogP contribution in [-0.2, 0) is 0 Å². The number of nitrogens with one attached hydrogen (secondary N) is 1. The van der Waals surface area contributed by atoms with E-state index in [1.165, 1.54) is 12.1 Å². The Kier molecular flexibility index (Phi) is 4.98. The first-order valence-electron chi connectivity index (χ1n) is 6.48. The number of benzene rings is 2. The summed E-state index contributed by atoms with van der Waals surface area (Å²) in [4.78, 5) is 10.8. The highest BCUT2D eigenvalue weighted by Crippen LogP contribution is 2.21. The third kappa shape index (κ3) is 3.99. The number of hydrazone groups is 1. The van der Waals surface area contributed by atoms with Gasteiger partial charge in [0.2, 0.25) is 0 Å². The van der Waals surface area contributed by atoms with Crippen molar-refractivity contribution in [2.75, 3.05) is 19.6 Å². The Morgan fingerprint density at radius 1 is 1.09 bits per heavy atom. The molecular formula is C16H16N2O4. The van der Waals surface area contributed by atoms with Gasteiger partial charge in [-0.05, 0) is 36.4 Å². The molecule has 6 heteroatoms. The van der Waals surface area contributed by atoms with Crippen LogP contribution in [0.25, 0.3) is 0 Å². The van der Waals surface area contributed by atoms with E-state index in [0.717, 1.165) is 5.56 Å². The zero-order valence-electron chi connectivity index (χ0n) is 12.2. The zero-order chi connectivity index (χ0) is 15.9. The Labute approximate surface area is 128 Å². The summed E-state index contributed by atoms with van der Waals surface area (Å²) >= 11 is 0. The Balaban J connectivity index is 2.07. The molecule has 0 unspecified atom stereocenters. The second kappa shape index (κ2) is 7.12. The van der Waals surface area contributed by atoms with E-state index in [4.69, 9.17) is 14.6 Å². The van der Waals surface area contributed by atoms with E-state index in [2.05, 4.69) is 10.5 Å². The van der Waals surface area contributed by atoms with E-state index in [-0.39, 0.29) is 5.56 Å². The largest absolute Gasteiger partial charge is 0.497 e. The van der Waals surface area contributed by atoms with Crippen LogP contribution in [0.3, 0.4) is 0 Å². The van der Waals surface area contributed by atoms with Gasteiger partial charge in [-0.3, -0.25) is 5.43 Å². The van der Waals surface area contributed by atoms with Crippen LogP contribution in [-0.4, -0.2) is 31.5 Å². The number of hydrogen-bond acceptors (Lipinski definition) is 5. The minimum absolute atomic E-state index is 0.229. The summed E-state index contributed by atoms with van der Waals surface area (Å²) in [6.45, 7) is 0. The van der Waals surface area contributed by atoms with Crippen molar-refractivity contribution in [3.63, 3.8) is 0 Å². The standard InChI is InChI=1S/C16H16N2O4/c1-21-14-7-11(8-15(9-14)22-2)10-17-18-13-5-3-12(4-6-13)16(19)20/h3-10,18H,1-2H3,(H,19,20). The summed E-state index contributed by atoms with van der Waals surface area (Å²) in [5.41, 5.74) is 4.56. The lowest BCUT2D eigenvalue weighted by molar-refractivity contribution is 0.0697. The highest BCUT2D eigenvalue weighted by atomic mass is 16.5. The molecule has 0 aromatic heterocycles. The monoisotopic (exact) mass is 300 g/mol. The lowest BCUT2D eigenvalue weighted by Crippen LogP contribution is -1.96. The molecule has 114 valence electrons. The van der Waals surface area contributed by atoms with Gasteiger partial charge in [0.05, 0.1) is 31.7 Å². The number of carboxylic acid groups (broad SMARTS) is 1. The van der Waals surface area contributed by atoms with Crippen molar-refractivity contribution in [2.45, 2.75) is 0 Å². The van der Waals surface area contributed by atoms with Crippen LogP contribution >= 0.6 is 0 Å². The number of methoxy groups -OCH3 is 2. The highest BCUT2D eigenvalue weighted by molar-refractivity contribution is 5.88. The highest BCUT2D eigenvalue weighted by Gasteiger charge is 2.01. The van der Waals surface area contributed by atoms with Crippen molar-refractivity contribution >= 4 is 17.9 Å². The molecule has 2 N–H and O–H groups in total. The minimum atomic E-state index is -0.960. The van der Waals surface area contributed by atoms with Gasteiger partial charge in [-0.2, -0.15) is 5.10 Å². The summed E-state index contributed by atoms with van der Waals surface area (Å²) in [6, 6.07) is 11.7. The van der Waals surface area contributed by atoms with Gasteiger partial charge < -0.3 is 14.6 Å². The van der Waals surface area contributed by atoms with Crippen LogP contribution < -0.4 is 14.9 Å². The molecule has 2 aromatic carbocycles. The van der Waals surface area contributed by atoms with Crippen molar-refractivity contribution in [3.8, 4) is 11.5 Å². The van der Waals surface area contributed by atoms with Crippen LogP contribution in [0.1, 0.15) is 15.9 Å². The molecule has 2 rings (SSSR count). The molecule has 2 aromatic rings. The van der Waals surface area contributed by atoms with Crippen LogP contribution in [0, 0.1) is 0 Å². The number of hydrogen-bond donors (Lipinski definition) is 2. The smallest absolute Gasteiger partial charge is 0.335 e. The minimum Gasteiger partial charge on any atom is -0.497 e. The number of ether oxygens (including phenoxy) is 2. The number of nitrogens with zero attached hydrogens (tertiary/aromatic N) is 1. The van der Waals surface area contributed by atoms with Gasteiger partial charge in [-0.25, -0.2) is 4.79 Å². The SMILES string of the molecule is COc1cc(C=NNc2ccc(C(=O)O)cc2)cc(OC)c1. The van der Waals surface area contributed by atoms with Gasteiger partial charge in [0.1, 0.15) is 11.5 Å². The molecule has 22 heavy (non-hydrogen) atoms. The molecule has 0 heterocycles. The summed E-state index contributed by atoms with van der Waals surface area (Å²) in [5, 5.41) is 12.9. The second-order valence-electron chi connectivity index (χ2n) is 4.40. The van der Waals surface area contributed by atoms with Crippen molar-refractivity contribution in [3.05, 3.63) is 53.6 Å². The maximum atomic E-state index is 10.8. The fourth-order valence-electron chi connectivity index (χ4n) is 1.77. The fraction of sp³-hybridized carbons (Fsp3) is 0.125. The number of anilines is 1. The average Bonchev–Trinajstić information content (AvgIpc) is 2.55. The van der Waals surface area contributed by atoms with E-state index in [1.807, 2.05) is 12.1 Å². The molecule has 0 atom stereocenters. The fourth-order valence-corrected chi connectivity index (χ4v) is 1.77. The molecule has 0 radical (unpaired) electrons. The molecule has 6 nitrogen and oxygen atoms in total. The Morgan fingerprint density at radius 2 is 1.68 bits per heavy atom. The van der Waals surface area contributed by atoms with Crippen molar-refractivity contribution in [1.29, 1.82) is 0 Å². The van der Waals surface area contributed by atoms with E-state index in [0.29, 0.717) is 17.2 Å². The molecule has 0 aliphatic carbocycles. The third-order valence-electron chi connectivity index (χ3n) is 2.91. The van der Waals surface area contributed by atoms with E-state index < -0.39 is 5.97 Å². The van der Waals surface area contributed by atoms with Crippen LogP contribution in [0.4, 0.5) is 5.69 Å². The maximum Gasteiger partial charge on any atom is 0.335 e. The summed E-state index contributed by atoms with van der Waals surface area (Å²) in [5.74, 6) is 0.386. The quantitative estimate of drug-likeness (QED) is 0.633. The van der Waals surface area contributed by atoms with Crippen LogP contribution in [0.5, 0.6) is 11.5 Å². The molecule has 0 saturated heterocycles. The molecule has 0 saturated carbocycles. The number of carbonyl (C=O) groups is 1. The first kappa shape index (κ1) is 15.4. The predicted molar refractivity (Wildman–Crippen MR) is 84.2 cm³/mol. The summed E-state index contributed by atoms with van der Waals surface area (Å²) in [6.07, 6.45) is 1.62. The maximum absolute atomic E-state index is 10.8. The van der Waals surface area contributed by atoms with Gasteiger partial charge in [-0.15, -0.1) is 0 Å². The number of rotatable bonds is 6. The lowest BCUT2D eigenvalue weighted by atomic mass is 10.2. The molecule has 0 spiro atoms. The lowest BCUT2D eigenvalue weighted by Gasteiger charge is -2.05. The van der Waals surface area contributed by atoms with E-state index in [1.54, 1.807) is 38.6 Å². The predicted octanol–water partition coefficient (Wildman–Crippen LogP) is 2.85. The molecule has 0 bridgehead atoms. The number of aromatic carboxylic acids is 1.